The highest BCUT2D eigenvalue weighted by molar-refractivity contribution is 5.17. The van der Waals surface area contributed by atoms with Crippen molar-refractivity contribution in [1.82, 2.24) is 4.57 Å². The molecule has 0 saturated carbocycles. The molecule has 0 N–H and O–H groups in total. The molecule has 18 heavy (non-hydrogen) atoms. The van der Waals surface area contributed by atoms with Crippen molar-refractivity contribution in [2.45, 2.75) is 13.0 Å². The molecule has 5 heteroatoms. The molecular formula is C13H10F3NO. The van der Waals surface area contributed by atoms with Crippen LogP contribution in [0.15, 0.2) is 41.3 Å². The zero-order valence-corrected chi connectivity index (χ0v) is 9.37. The molecule has 2 rings (SSSR count). The quantitative estimate of drug-likeness (QED) is 0.823. The van der Waals surface area contributed by atoms with E-state index in [0.29, 0.717) is 12.0 Å². The minimum absolute atomic E-state index is 0.210. The lowest BCUT2D eigenvalue weighted by Gasteiger charge is -2.06. The third-order valence-corrected chi connectivity index (χ3v) is 2.57. The lowest BCUT2D eigenvalue weighted by atomic mass is 10.1. The molecule has 0 aliphatic carbocycles. The number of halogens is 3. The molecular weight excluding hydrogens is 243 g/mol. The summed E-state index contributed by atoms with van der Waals surface area (Å²) in [6, 6.07) is 5.73. The van der Waals surface area contributed by atoms with Gasteiger partial charge in [-0.3, -0.25) is 4.79 Å². The monoisotopic (exact) mass is 253 g/mol. The molecule has 0 radical (unpaired) electrons. The van der Waals surface area contributed by atoms with Crippen LogP contribution in [0.2, 0.25) is 0 Å². The number of aryl methyl sites for hydroxylation is 2. The molecule has 2 nitrogen and oxygen atoms in total. The van der Waals surface area contributed by atoms with Gasteiger partial charge in [0.05, 0.1) is 0 Å². The average molecular weight is 253 g/mol. The Bertz CT molecular complexity index is 622. The highest BCUT2D eigenvalue weighted by atomic mass is 19.2. The molecule has 1 heterocycles. The van der Waals surface area contributed by atoms with Gasteiger partial charge in [0.25, 0.3) is 5.56 Å². The molecule has 0 aliphatic heterocycles. The van der Waals surface area contributed by atoms with Gasteiger partial charge in [-0.05, 0) is 30.2 Å². The molecule has 0 amide bonds. The van der Waals surface area contributed by atoms with Gasteiger partial charge in [0.15, 0.2) is 11.6 Å². The number of hydrogen-bond acceptors (Lipinski definition) is 1. The van der Waals surface area contributed by atoms with Gasteiger partial charge in [0.1, 0.15) is 5.82 Å². The van der Waals surface area contributed by atoms with E-state index in [4.69, 9.17) is 0 Å². The lowest BCUT2D eigenvalue weighted by molar-refractivity contribution is 0.506. The number of benzene rings is 1. The largest absolute Gasteiger partial charge is 0.312 e. The number of rotatable bonds is 3. The third kappa shape index (κ3) is 2.80. The summed E-state index contributed by atoms with van der Waals surface area (Å²) in [6.07, 6.45) is 1.41. The number of nitrogens with zero attached hydrogens (tertiary/aromatic N) is 1. The molecule has 0 spiro atoms. The van der Waals surface area contributed by atoms with Gasteiger partial charge in [0, 0.05) is 18.8 Å². The molecule has 2 aromatic rings. The topological polar surface area (TPSA) is 22.0 Å². The van der Waals surface area contributed by atoms with Crippen LogP contribution in [0.4, 0.5) is 13.2 Å². The van der Waals surface area contributed by atoms with Crippen molar-refractivity contribution in [3.8, 4) is 0 Å². The first kappa shape index (κ1) is 12.4. The summed E-state index contributed by atoms with van der Waals surface area (Å²) in [5.41, 5.74) is 0.212. The molecule has 0 saturated heterocycles. The van der Waals surface area contributed by atoms with Gasteiger partial charge >= 0.3 is 0 Å². The average Bonchev–Trinajstić information content (AvgIpc) is 2.34. The Hall–Kier alpha value is -2.04. The van der Waals surface area contributed by atoms with E-state index in [1.54, 1.807) is 0 Å². The fourth-order valence-corrected chi connectivity index (χ4v) is 1.62. The second-order valence-corrected chi connectivity index (χ2v) is 3.88. The number of hydrogen-bond donors (Lipinski definition) is 0. The second-order valence-electron chi connectivity index (χ2n) is 3.88. The fraction of sp³-hybridized carbons (Fsp3) is 0.154. The Morgan fingerprint density at radius 1 is 1.00 bits per heavy atom. The maximum Gasteiger partial charge on any atom is 0.250 e. The lowest BCUT2D eigenvalue weighted by Crippen LogP contribution is -2.19. The summed E-state index contributed by atoms with van der Waals surface area (Å²) in [7, 11) is 0. The van der Waals surface area contributed by atoms with Crippen LogP contribution in [0, 0.1) is 17.5 Å². The molecule has 94 valence electrons. The Kier molecular flexibility index (Phi) is 3.50. The number of pyridine rings is 1. The van der Waals surface area contributed by atoms with E-state index in [2.05, 4.69) is 0 Å². The predicted molar refractivity (Wildman–Crippen MR) is 60.7 cm³/mol. The molecule has 1 aromatic carbocycles. The van der Waals surface area contributed by atoms with E-state index in [9.17, 15) is 18.0 Å². The first-order valence-corrected chi connectivity index (χ1v) is 5.36. The Morgan fingerprint density at radius 3 is 2.50 bits per heavy atom. The van der Waals surface area contributed by atoms with Crippen molar-refractivity contribution in [3.05, 3.63) is 69.9 Å². The highest BCUT2D eigenvalue weighted by Crippen LogP contribution is 2.09. The van der Waals surface area contributed by atoms with Crippen LogP contribution < -0.4 is 5.56 Å². The minimum atomic E-state index is -0.931. The molecule has 1 aromatic heterocycles. The van der Waals surface area contributed by atoms with Crippen LogP contribution in [0.5, 0.6) is 0 Å². The summed E-state index contributed by atoms with van der Waals surface area (Å²) in [4.78, 5) is 11.4. The normalized spacial score (nSPS) is 10.6. The second kappa shape index (κ2) is 5.08. The van der Waals surface area contributed by atoms with Crippen LogP contribution in [0.25, 0.3) is 0 Å². The fourth-order valence-electron chi connectivity index (χ4n) is 1.62. The van der Waals surface area contributed by atoms with Crippen molar-refractivity contribution >= 4 is 0 Å². The smallest absolute Gasteiger partial charge is 0.250 e. The zero-order valence-electron chi connectivity index (χ0n) is 9.37. The molecule has 0 bridgehead atoms. The van der Waals surface area contributed by atoms with E-state index in [0.717, 1.165) is 30.5 Å². The van der Waals surface area contributed by atoms with Crippen molar-refractivity contribution in [1.29, 1.82) is 0 Å². The van der Waals surface area contributed by atoms with E-state index in [1.807, 2.05) is 0 Å². The Balaban J connectivity index is 2.13. The minimum Gasteiger partial charge on any atom is -0.312 e. The standard InChI is InChI=1S/C13H10F3NO/c14-10-2-4-13(18)17(8-10)6-5-9-1-3-11(15)12(16)7-9/h1-4,7-8H,5-6H2. The van der Waals surface area contributed by atoms with Gasteiger partial charge in [-0.25, -0.2) is 13.2 Å². The third-order valence-electron chi connectivity index (χ3n) is 2.57. The van der Waals surface area contributed by atoms with Gasteiger partial charge < -0.3 is 4.57 Å². The van der Waals surface area contributed by atoms with Crippen molar-refractivity contribution in [2.75, 3.05) is 0 Å². The summed E-state index contributed by atoms with van der Waals surface area (Å²) >= 11 is 0. The summed E-state index contributed by atoms with van der Waals surface area (Å²) in [6.45, 7) is 0.210. The van der Waals surface area contributed by atoms with Crippen molar-refractivity contribution < 1.29 is 13.2 Å². The van der Waals surface area contributed by atoms with E-state index >= 15 is 0 Å². The van der Waals surface area contributed by atoms with Crippen LogP contribution in [0.1, 0.15) is 5.56 Å². The molecule has 0 atom stereocenters. The SMILES string of the molecule is O=c1ccc(F)cn1CCc1ccc(F)c(F)c1. The summed E-state index contributed by atoms with van der Waals surface area (Å²) in [5, 5.41) is 0. The Morgan fingerprint density at radius 2 is 1.78 bits per heavy atom. The highest BCUT2D eigenvalue weighted by Gasteiger charge is 2.03. The molecule has 0 unspecified atom stereocenters. The van der Waals surface area contributed by atoms with Gasteiger partial charge in [-0.1, -0.05) is 6.07 Å². The van der Waals surface area contributed by atoms with Crippen LogP contribution in [-0.2, 0) is 13.0 Å². The van der Waals surface area contributed by atoms with Gasteiger partial charge in [0.2, 0.25) is 0 Å². The molecule has 0 fully saturated rings. The molecule has 0 aliphatic rings. The van der Waals surface area contributed by atoms with E-state index < -0.39 is 17.5 Å². The first-order chi connectivity index (χ1) is 8.56. The van der Waals surface area contributed by atoms with Gasteiger partial charge in [-0.15, -0.1) is 0 Å². The predicted octanol–water partition coefficient (Wildman–Crippen LogP) is 2.51. The van der Waals surface area contributed by atoms with Crippen LogP contribution >= 0.6 is 0 Å². The first-order valence-electron chi connectivity index (χ1n) is 5.36. The number of aromatic nitrogens is 1. The van der Waals surface area contributed by atoms with E-state index in [-0.39, 0.29) is 12.1 Å². The van der Waals surface area contributed by atoms with Gasteiger partial charge in [-0.2, -0.15) is 0 Å². The zero-order chi connectivity index (χ0) is 13.1. The summed E-state index contributed by atoms with van der Waals surface area (Å²) < 4.78 is 39.8. The van der Waals surface area contributed by atoms with Crippen LogP contribution in [-0.4, -0.2) is 4.57 Å². The summed E-state index contributed by atoms with van der Waals surface area (Å²) in [5.74, 6) is -2.36. The van der Waals surface area contributed by atoms with Crippen molar-refractivity contribution in [3.63, 3.8) is 0 Å². The van der Waals surface area contributed by atoms with Crippen molar-refractivity contribution in [2.24, 2.45) is 0 Å². The Labute approximate surface area is 101 Å². The maximum atomic E-state index is 12.9. The van der Waals surface area contributed by atoms with Crippen LogP contribution in [0.3, 0.4) is 0 Å². The van der Waals surface area contributed by atoms with E-state index in [1.165, 1.54) is 10.6 Å². The maximum absolute atomic E-state index is 12.9.